The molecule has 0 bridgehead atoms. The average Bonchev–Trinajstić information content (AvgIpc) is 2.74. The second kappa shape index (κ2) is 9.53. The van der Waals surface area contributed by atoms with Crippen LogP contribution in [0.5, 0.6) is 0 Å². The van der Waals surface area contributed by atoms with Crippen LogP contribution < -0.4 is 5.32 Å². The first kappa shape index (κ1) is 22.2. The van der Waals surface area contributed by atoms with E-state index >= 15 is 0 Å². The third-order valence-corrected chi connectivity index (χ3v) is 8.13. The van der Waals surface area contributed by atoms with Crippen molar-refractivity contribution < 1.29 is 17.6 Å². The van der Waals surface area contributed by atoms with Crippen LogP contribution in [0.3, 0.4) is 0 Å². The summed E-state index contributed by atoms with van der Waals surface area (Å²) in [7, 11) is -2.46. The molecular formula is C21H32FN3O3S. The van der Waals surface area contributed by atoms with Crippen LogP contribution >= 0.6 is 0 Å². The van der Waals surface area contributed by atoms with Crippen LogP contribution in [0.4, 0.5) is 4.39 Å². The summed E-state index contributed by atoms with van der Waals surface area (Å²) in [6, 6.07) is 4.64. The molecular weight excluding hydrogens is 393 g/mol. The van der Waals surface area contributed by atoms with Crippen molar-refractivity contribution in [3.8, 4) is 0 Å². The van der Waals surface area contributed by atoms with E-state index in [2.05, 4.69) is 10.2 Å². The van der Waals surface area contributed by atoms with Crippen LogP contribution in [-0.2, 0) is 14.8 Å². The highest BCUT2D eigenvalue weighted by molar-refractivity contribution is 7.89. The van der Waals surface area contributed by atoms with E-state index in [0.717, 1.165) is 42.4 Å². The number of rotatable bonds is 7. The summed E-state index contributed by atoms with van der Waals surface area (Å²) in [5.74, 6) is -0.806. The van der Waals surface area contributed by atoms with E-state index < -0.39 is 15.8 Å². The van der Waals surface area contributed by atoms with E-state index in [0.29, 0.717) is 6.54 Å². The Hall–Kier alpha value is -1.51. The Bertz CT molecular complexity index is 786. The van der Waals surface area contributed by atoms with E-state index in [1.807, 2.05) is 0 Å². The summed E-state index contributed by atoms with van der Waals surface area (Å²) >= 11 is 0. The molecule has 1 saturated heterocycles. The summed E-state index contributed by atoms with van der Waals surface area (Å²) in [5, 5.41) is 3.01. The Balaban J connectivity index is 1.60. The fourth-order valence-electron chi connectivity index (χ4n) is 4.58. The van der Waals surface area contributed by atoms with Crippen molar-refractivity contribution >= 4 is 15.9 Å². The predicted molar refractivity (Wildman–Crippen MR) is 110 cm³/mol. The van der Waals surface area contributed by atoms with Crippen molar-refractivity contribution in [2.75, 3.05) is 33.2 Å². The van der Waals surface area contributed by atoms with E-state index in [4.69, 9.17) is 0 Å². The van der Waals surface area contributed by atoms with Gasteiger partial charge >= 0.3 is 0 Å². The first-order chi connectivity index (χ1) is 13.8. The first-order valence-corrected chi connectivity index (χ1v) is 12.0. The summed E-state index contributed by atoms with van der Waals surface area (Å²) in [6.07, 6.45) is 9.42. The number of hydrogen-bond donors (Lipinski definition) is 1. The largest absolute Gasteiger partial charge is 0.353 e. The summed E-state index contributed by atoms with van der Waals surface area (Å²) in [4.78, 5) is 15.1. The second-order valence-corrected chi connectivity index (χ2v) is 10.4. The van der Waals surface area contributed by atoms with Gasteiger partial charge in [-0.05, 0) is 63.0 Å². The molecule has 6 nitrogen and oxygen atoms in total. The zero-order valence-electron chi connectivity index (χ0n) is 17.2. The lowest BCUT2D eigenvalue weighted by molar-refractivity contribution is -0.122. The van der Waals surface area contributed by atoms with Gasteiger partial charge < -0.3 is 5.32 Å². The number of nitrogens with zero attached hydrogens (tertiary/aromatic N) is 2. The zero-order chi connectivity index (χ0) is 20.9. The standard InChI is InChI=1S/C21H32FN3O3S/c1-24(29(27,28)19-10-8-18(22)9-11-19)16-20(26)23-17-21(12-4-2-5-13-21)25-14-6-3-7-15-25/h8-11H,2-7,12-17H2,1H3,(H,23,26). The maximum atomic E-state index is 13.1. The van der Waals surface area contributed by atoms with Crippen LogP contribution in [0.25, 0.3) is 0 Å². The van der Waals surface area contributed by atoms with Crippen LogP contribution in [0.2, 0.25) is 0 Å². The Kier molecular flexibility index (Phi) is 7.29. The van der Waals surface area contributed by atoms with Gasteiger partial charge in [0, 0.05) is 19.1 Å². The number of carbonyl (C=O) groups excluding carboxylic acids is 1. The number of carbonyl (C=O) groups is 1. The minimum absolute atomic E-state index is 0.00271. The maximum Gasteiger partial charge on any atom is 0.243 e. The van der Waals surface area contributed by atoms with Gasteiger partial charge in [-0.2, -0.15) is 4.31 Å². The van der Waals surface area contributed by atoms with Gasteiger partial charge in [-0.3, -0.25) is 9.69 Å². The molecule has 162 valence electrons. The number of piperidine rings is 1. The highest BCUT2D eigenvalue weighted by Gasteiger charge is 2.38. The normalized spacial score (nSPS) is 20.5. The molecule has 0 aromatic heterocycles. The Labute approximate surface area is 173 Å². The molecule has 0 atom stereocenters. The van der Waals surface area contributed by atoms with Crippen molar-refractivity contribution in [3.05, 3.63) is 30.1 Å². The van der Waals surface area contributed by atoms with Gasteiger partial charge in [0.05, 0.1) is 11.4 Å². The van der Waals surface area contributed by atoms with Crippen molar-refractivity contribution in [1.82, 2.24) is 14.5 Å². The van der Waals surface area contributed by atoms with Crippen LogP contribution in [0.15, 0.2) is 29.2 Å². The second-order valence-electron chi connectivity index (χ2n) is 8.32. The van der Waals surface area contributed by atoms with Gasteiger partial charge in [-0.25, -0.2) is 12.8 Å². The molecule has 8 heteroatoms. The van der Waals surface area contributed by atoms with Crippen LogP contribution in [0, 0.1) is 5.82 Å². The molecule has 1 aromatic rings. The third-order valence-electron chi connectivity index (χ3n) is 6.31. The van der Waals surface area contributed by atoms with E-state index in [1.165, 1.54) is 57.7 Å². The number of hydrogen-bond acceptors (Lipinski definition) is 4. The van der Waals surface area contributed by atoms with Crippen LogP contribution in [-0.4, -0.2) is 62.3 Å². The van der Waals surface area contributed by atoms with Crippen LogP contribution in [0.1, 0.15) is 51.4 Å². The fourth-order valence-corrected chi connectivity index (χ4v) is 5.70. The number of benzene rings is 1. The molecule has 2 aliphatic rings. The summed E-state index contributed by atoms with van der Waals surface area (Å²) < 4.78 is 39.3. The van der Waals surface area contributed by atoms with Gasteiger partial charge in [-0.15, -0.1) is 0 Å². The van der Waals surface area contributed by atoms with E-state index in [-0.39, 0.29) is 22.9 Å². The van der Waals surface area contributed by atoms with E-state index in [1.54, 1.807) is 0 Å². The van der Waals surface area contributed by atoms with Gasteiger partial charge in [0.25, 0.3) is 0 Å². The molecule has 29 heavy (non-hydrogen) atoms. The highest BCUT2D eigenvalue weighted by Crippen LogP contribution is 2.35. The van der Waals surface area contributed by atoms with Gasteiger partial charge in [0.2, 0.25) is 15.9 Å². The van der Waals surface area contributed by atoms with Crippen molar-refractivity contribution in [2.24, 2.45) is 0 Å². The molecule has 0 unspecified atom stereocenters. The molecule has 2 fully saturated rings. The van der Waals surface area contributed by atoms with Crippen molar-refractivity contribution in [1.29, 1.82) is 0 Å². The fraction of sp³-hybridized carbons (Fsp3) is 0.667. The number of likely N-dealkylation sites (N-methyl/N-ethyl adjacent to an activating group) is 1. The molecule has 1 aromatic carbocycles. The minimum atomic E-state index is -3.83. The number of halogens is 1. The first-order valence-electron chi connectivity index (χ1n) is 10.6. The number of likely N-dealkylation sites (tertiary alicyclic amines) is 1. The number of nitrogens with one attached hydrogen (secondary N) is 1. The Morgan fingerprint density at radius 1 is 1.07 bits per heavy atom. The number of sulfonamides is 1. The molecule has 1 amide bonds. The molecule has 0 radical (unpaired) electrons. The van der Waals surface area contributed by atoms with Gasteiger partial charge in [0.15, 0.2) is 0 Å². The molecule has 3 rings (SSSR count). The molecule has 1 aliphatic carbocycles. The lowest BCUT2D eigenvalue weighted by atomic mass is 9.79. The monoisotopic (exact) mass is 425 g/mol. The molecule has 1 heterocycles. The summed E-state index contributed by atoms with van der Waals surface area (Å²) in [5.41, 5.74) is 0.00271. The Morgan fingerprint density at radius 3 is 2.28 bits per heavy atom. The minimum Gasteiger partial charge on any atom is -0.353 e. The molecule has 1 aliphatic heterocycles. The van der Waals surface area contributed by atoms with Gasteiger partial charge in [-0.1, -0.05) is 25.7 Å². The lowest BCUT2D eigenvalue weighted by Gasteiger charge is -2.48. The van der Waals surface area contributed by atoms with E-state index in [9.17, 15) is 17.6 Å². The summed E-state index contributed by atoms with van der Waals surface area (Å²) in [6.45, 7) is 2.47. The molecule has 0 spiro atoms. The molecule has 1 N–H and O–H groups in total. The predicted octanol–water partition coefficient (Wildman–Crippen LogP) is 2.75. The SMILES string of the molecule is CN(CC(=O)NCC1(N2CCCCC2)CCCCC1)S(=O)(=O)c1ccc(F)cc1. The highest BCUT2D eigenvalue weighted by atomic mass is 32.2. The molecule has 1 saturated carbocycles. The third kappa shape index (κ3) is 5.35. The zero-order valence-corrected chi connectivity index (χ0v) is 18.0. The van der Waals surface area contributed by atoms with Crippen molar-refractivity contribution in [3.63, 3.8) is 0 Å². The smallest absolute Gasteiger partial charge is 0.243 e. The van der Waals surface area contributed by atoms with Gasteiger partial charge in [0.1, 0.15) is 5.82 Å². The quantitative estimate of drug-likeness (QED) is 0.729. The van der Waals surface area contributed by atoms with Crippen molar-refractivity contribution in [2.45, 2.75) is 61.8 Å². The topological polar surface area (TPSA) is 69.7 Å². The maximum absolute atomic E-state index is 13.1. The average molecular weight is 426 g/mol. The Morgan fingerprint density at radius 2 is 1.66 bits per heavy atom. The number of amides is 1. The lowest BCUT2D eigenvalue weighted by Crippen LogP contribution is -2.58.